The molecule has 0 unspecified atom stereocenters. The Hall–Kier alpha value is -1.79. The molecule has 0 radical (unpaired) electrons. The Morgan fingerprint density at radius 3 is 2.00 bits per heavy atom. The van der Waals surface area contributed by atoms with Crippen molar-refractivity contribution in [3.8, 4) is 11.5 Å². The van der Waals surface area contributed by atoms with Crippen molar-refractivity contribution in [2.45, 2.75) is 65.1 Å². The minimum atomic E-state index is -1.89. The zero-order valence-corrected chi connectivity index (χ0v) is 17.7. The van der Waals surface area contributed by atoms with Gasteiger partial charge in [0.25, 0.3) is 0 Å². The van der Waals surface area contributed by atoms with Gasteiger partial charge in [-0.1, -0.05) is 77.8 Å². The second-order valence-electron chi connectivity index (χ2n) is 7.34. The number of rotatable bonds is 6. The fraction of sp³-hybridized carbons (Fsp3) is 0.500. The minimum Gasteiger partial charge on any atom is -0.462 e. The third-order valence-corrected chi connectivity index (χ3v) is 11.2. The van der Waals surface area contributed by atoms with Gasteiger partial charge < -0.3 is 4.74 Å². The summed E-state index contributed by atoms with van der Waals surface area (Å²) in [5.74, 6) is 2.90. The van der Waals surface area contributed by atoms with Crippen molar-refractivity contribution in [1.82, 2.24) is 0 Å². The number of esters is 1. The van der Waals surface area contributed by atoms with Crippen LogP contribution >= 0.6 is 0 Å². The molecular weight excluding hydrogens is 324 g/mol. The molecule has 25 heavy (non-hydrogen) atoms. The van der Waals surface area contributed by atoms with Crippen molar-refractivity contribution in [2.75, 3.05) is 6.61 Å². The Bertz CT molecular complexity index is 624. The highest BCUT2D eigenvalue weighted by molar-refractivity contribution is 6.90. The quantitative estimate of drug-likeness (QED) is 0.276. The maximum atomic E-state index is 12.4. The smallest absolute Gasteiger partial charge is 0.346 e. The maximum Gasteiger partial charge on any atom is 0.346 e. The van der Waals surface area contributed by atoms with Gasteiger partial charge in [0.05, 0.1) is 6.61 Å². The van der Waals surface area contributed by atoms with Crippen molar-refractivity contribution < 1.29 is 9.53 Å². The summed E-state index contributed by atoms with van der Waals surface area (Å²) in [5.41, 5.74) is 6.61. The van der Waals surface area contributed by atoms with E-state index in [4.69, 9.17) is 4.74 Å². The van der Waals surface area contributed by atoms with Crippen LogP contribution < -0.4 is 0 Å². The van der Waals surface area contributed by atoms with Crippen molar-refractivity contribution in [1.29, 1.82) is 0 Å². The van der Waals surface area contributed by atoms with Crippen LogP contribution in [0.15, 0.2) is 35.9 Å². The highest BCUT2D eigenvalue weighted by atomic mass is 28.3. The molecule has 0 fully saturated rings. The lowest BCUT2D eigenvalue weighted by Crippen LogP contribution is -2.43. The van der Waals surface area contributed by atoms with Gasteiger partial charge >= 0.3 is 5.97 Å². The van der Waals surface area contributed by atoms with Crippen LogP contribution in [0, 0.1) is 11.5 Å². The number of carbonyl (C=O) groups is 1. The Kier molecular flexibility index (Phi) is 8.18. The van der Waals surface area contributed by atoms with E-state index in [1.54, 1.807) is 0 Å². The third-order valence-electron chi connectivity index (χ3n) is 4.89. The SMILES string of the molecule is CCOC(=O)/C(C#C[Si](C(C)C)(C(C)C)C(C)C)=C/c1ccccc1. The second-order valence-corrected chi connectivity index (χ2v) is 12.9. The molecular formula is C22H32O2Si. The molecule has 0 amide bonds. The largest absolute Gasteiger partial charge is 0.462 e. The highest BCUT2D eigenvalue weighted by Gasteiger charge is 2.41. The number of ether oxygens (including phenoxy) is 1. The van der Waals surface area contributed by atoms with Crippen LogP contribution in [-0.4, -0.2) is 20.7 Å². The van der Waals surface area contributed by atoms with Crippen LogP contribution in [0.3, 0.4) is 0 Å². The van der Waals surface area contributed by atoms with Crippen LogP contribution in [0.5, 0.6) is 0 Å². The molecule has 1 aromatic carbocycles. The van der Waals surface area contributed by atoms with E-state index >= 15 is 0 Å². The van der Waals surface area contributed by atoms with E-state index in [1.165, 1.54) is 0 Å². The predicted molar refractivity (Wildman–Crippen MR) is 110 cm³/mol. The number of hydrogen-bond acceptors (Lipinski definition) is 2. The lowest BCUT2D eigenvalue weighted by atomic mass is 10.1. The molecule has 0 N–H and O–H groups in total. The van der Waals surface area contributed by atoms with Crippen molar-refractivity contribution in [2.24, 2.45) is 0 Å². The zero-order valence-electron chi connectivity index (χ0n) is 16.7. The van der Waals surface area contributed by atoms with Gasteiger partial charge in [0, 0.05) is 0 Å². The standard InChI is InChI=1S/C22H32O2Si/c1-8-24-22(23)21(16-20-12-10-9-11-13-20)14-15-25(17(2)3,18(4)5)19(6)7/h9-13,16-19H,8H2,1-7H3/b21-16+. The Balaban J connectivity index is 3.41. The first kappa shape index (κ1) is 21.2. The molecule has 0 bridgehead atoms. The molecule has 0 spiro atoms. The first-order valence-electron chi connectivity index (χ1n) is 9.22. The van der Waals surface area contributed by atoms with Gasteiger partial charge in [0.2, 0.25) is 0 Å². The van der Waals surface area contributed by atoms with E-state index in [1.807, 2.05) is 43.3 Å². The number of hydrogen-bond donors (Lipinski definition) is 0. The van der Waals surface area contributed by atoms with Crippen molar-refractivity contribution >= 4 is 20.1 Å². The molecule has 0 saturated carbocycles. The van der Waals surface area contributed by atoms with E-state index in [9.17, 15) is 4.79 Å². The van der Waals surface area contributed by atoms with Crippen LogP contribution in [0.25, 0.3) is 6.08 Å². The molecule has 0 heterocycles. The first-order valence-corrected chi connectivity index (χ1v) is 11.5. The van der Waals surface area contributed by atoms with Crippen LogP contribution in [0.4, 0.5) is 0 Å². The maximum absolute atomic E-state index is 12.4. The van der Waals surface area contributed by atoms with E-state index in [-0.39, 0.29) is 5.97 Å². The Morgan fingerprint density at radius 2 is 1.56 bits per heavy atom. The average molecular weight is 357 g/mol. The van der Waals surface area contributed by atoms with Gasteiger partial charge in [-0.3, -0.25) is 0 Å². The molecule has 3 heteroatoms. The van der Waals surface area contributed by atoms with Gasteiger partial charge in [0.15, 0.2) is 0 Å². The Labute approximate surface area is 154 Å². The van der Waals surface area contributed by atoms with Gasteiger partial charge in [0.1, 0.15) is 13.6 Å². The fourth-order valence-corrected chi connectivity index (χ4v) is 8.90. The lowest BCUT2D eigenvalue weighted by Gasteiger charge is -2.38. The molecule has 2 nitrogen and oxygen atoms in total. The van der Waals surface area contributed by atoms with Gasteiger partial charge in [-0.2, -0.15) is 0 Å². The summed E-state index contributed by atoms with van der Waals surface area (Å²) >= 11 is 0. The van der Waals surface area contributed by atoms with Crippen molar-refractivity contribution in [3.63, 3.8) is 0 Å². The molecule has 136 valence electrons. The van der Waals surface area contributed by atoms with E-state index in [2.05, 4.69) is 53.0 Å². The molecule has 0 aliphatic heterocycles. The molecule has 0 saturated heterocycles. The zero-order chi connectivity index (χ0) is 19.0. The molecule has 0 aliphatic carbocycles. The van der Waals surface area contributed by atoms with Gasteiger partial charge in [-0.05, 0) is 35.2 Å². The summed E-state index contributed by atoms with van der Waals surface area (Å²) in [6.45, 7) is 15.8. The van der Waals surface area contributed by atoms with Crippen LogP contribution in [-0.2, 0) is 9.53 Å². The first-order chi connectivity index (χ1) is 11.8. The second kappa shape index (κ2) is 9.63. The number of benzene rings is 1. The molecule has 0 atom stereocenters. The third kappa shape index (κ3) is 5.34. The van der Waals surface area contributed by atoms with E-state index in [0.717, 1.165) is 5.56 Å². The van der Waals surface area contributed by atoms with Crippen LogP contribution in [0.2, 0.25) is 16.6 Å². The monoisotopic (exact) mass is 356 g/mol. The highest BCUT2D eigenvalue weighted by Crippen LogP contribution is 2.40. The predicted octanol–water partition coefficient (Wildman–Crippen LogP) is 5.85. The summed E-state index contributed by atoms with van der Waals surface area (Å²) in [4.78, 5) is 12.4. The molecule has 1 aromatic rings. The molecule has 1 rings (SSSR count). The average Bonchev–Trinajstić information content (AvgIpc) is 2.54. The Morgan fingerprint density at radius 1 is 1.04 bits per heavy atom. The minimum absolute atomic E-state index is 0.335. The van der Waals surface area contributed by atoms with Crippen molar-refractivity contribution in [3.05, 3.63) is 41.5 Å². The van der Waals surface area contributed by atoms with Gasteiger partial charge in [-0.25, -0.2) is 4.79 Å². The normalized spacial score (nSPS) is 12.3. The summed E-state index contributed by atoms with van der Waals surface area (Å²) in [5, 5.41) is 0. The summed E-state index contributed by atoms with van der Waals surface area (Å²) in [7, 11) is -1.89. The summed E-state index contributed by atoms with van der Waals surface area (Å²) in [6, 6.07) is 9.81. The van der Waals surface area contributed by atoms with Gasteiger partial charge in [-0.15, -0.1) is 5.54 Å². The lowest BCUT2D eigenvalue weighted by molar-refractivity contribution is -0.137. The summed E-state index contributed by atoms with van der Waals surface area (Å²) < 4.78 is 5.23. The van der Waals surface area contributed by atoms with E-state index < -0.39 is 8.07 Å². The topological polar surface area (TPSA) is 26.3 Å². The summed E-state index contributed by atoms with van der Waals surface area (Å²) in [6.07, 6.45) is 1.84. The molecule has 0 aromatic heterocycles. The van der Waals surface area contributed by atoms with E-state index in [0.29, 0.717) is 28.8 Å². The molecule has 0 aliphatic rings. The van der Waals surface area contributed by atoms with Crippen LogP contribution in [0.1, 0.15) is 54.0 Å². The number of carbonyl (C=O) groups excluding carboxylic acids is 1. The fourth-order valence-electron chi connectivity index (χ4n) is 3.68.